The fourth-order valence-electron chi connectivity index (χ4n) is 3.65. The predicted molar refractivity (Wildman–Crippen MR) is 123 cm³/mol. The summed E-state index contributed by atoms with van der Waals surface area (Å²) in [5, 5.41) is 6.91. The van der Waals surface area contributed by atoms with Gasteiger partial charge in [0.05, 0.1) is 18.8 Å². The van der Waals surface area contributed by atoms with Crippen LogP contribution in [0.5, 0.6) is 0 Å². The van der Waals surface area contributed by atoms with Gasteiger partial charge in [0.15, 0.2) is 5.96 Å². The first-order chi connectivity index (χ1) is 12.7. The number of ether oxygens (including phenoxy) is 1. The molecular weight excluding hydrogens is 453 g/mol. The third-order valence-electron chi connectivity index (χ3n) is 5.26. The number of likely N-dealkylation sites (N-methyl/N-ethyl adjacent to an activating group) is 1. The van der Waals surface area contributed by atoms with Gasteiger partial charge in [0, 0.05) is 45.5 Å². The van der Waals surface area contributed by atoms with Gasteiger partial charge in [-0.3, -0.25) is 4.99 Å². The van der Waals surface area contributed by atoms with Crippen LogP contribution in [-0.2, 0) is 4.74 Å². The van der Waals surface area contributed by atoms with E-state index in [2.05, 4.69) is 63.7 Å². The third-order valence-corrected chi connectivity index (χ3v) is 5.26. The summed E-state index contributed by atoms with van der Waals surface area (Å²) in [6.07, 6.45) is 2.81. The predicted octanol–water partition coefficient (Wildman–Crippen LogP) is 2.46. The molecule has 152 valence electrons. The van der Waals surface area contributed by atoms with E-state index in [4.69, 9.17) is 4.74 Å². The zero-order chi connectivity index (χ0) is 18.4. The molecule has 2 heterocycles. The quantitative estimate of drug-likeness (QED) is 0.380. The molecule has 0 aliphatic carbocycles. The number of anilines is 1. The van der Waals surface area contributed by atoms with E-state index in [9.17, 15) is 0 Å². The second-order valence-electron chi connectivity index (χ2n) is 7.36. The monoisotopic (exact) mass is 487 g/mol. The number of nitrogens with zero attached hydrogens (tertiary/aromatic N) is 3. The normalized spacial score (nSPS) is 22.3. The van der Waals surface area contributed by atoms with Crippen molar-refractivity contribution in [3.05, 3.63) is 29.8 Å². The van der Waals surface area contributed by atoms with E-state index in [1.165, 1.54) is 37.2 Å². The number of nitrogens with one attached hydrogen (secondary N) is 2. The summed E-state index contributed by atoms with van der Waals surface area (Å²) in [5.74, 6) is 0.820. The summed E-state index contributed by atoms with van der Waals surface area (Å²) >= 11 is 0. The topological polar surface area (TPSA) is 52.1 Å². The maximum absolute atomic E-state index is 5.81. The van der Waals surface area contributed by atoms with Crippen molar-refractivity contribution in [3.63, 3.8) is 0 Å². The maximum atomic E-state index is 5.81. The molecule has 2 atom stereocenters. The molecule has 0 saturated carbocycles. The van der Waals surface area contributed by atoms with Gasteiger partial charge in [0.1, 0.15) is 0 Å². The Hall–Kier alpha value is -1.06. The van der Waals surface area contributed by atoms with Crippen LogP contribution in [0.1, 0.15) is 31.4 Å². The summed E-state index contributed by atoms with van der Waals surface area (Å²) in [6.45, 7) is 8.06. The third kappa shape index (κ3) is 6.50. The average molecular weight is 487 g/mol. The highest BCUT2D eigenvalue weighted by Gasteiger charge is 2.18. The Balaban J connectivity index is 0.00000261. The molecular formula is C20H34IN5O. The van der Waals surface area contributed by atoms with Crippen LogP contribution in [0.15, 0.2) is 29.3 Å². The number of hydrogen-bond donors (Lipinski definition) is 2. The molecule has 2 saturated heterocycles. The van der Waals surface area contributed by atoms with Crippen LogP contribution in [0.25, 0.3) is 0 Å². The van der Waals surface area contributed by atoms with Crippen molar-refractivity contribution in [1.82, 2.24) is 15.5 Å². The largest absolute Gasteiger partial charge is 0.374 e. The Morgan fingerprint density at radius 1 is 1.30 bits per heavy atom. The zero-order valence-electron chi connectivity index (χ0n) is 16.8. The van der Waals surface area contributed by atoms with Crippen molar-refractivity contribution >= 4 is 35.6 Å². The second-order valence-corrected chi connectivity index (χ2v) is 7.36. The maximum Gasteiger partial charge on any atom is 0.191 e. The second kappa shape index (κ2) is 11.1. The summed E-state index contributed by atoms with van der Waals surface area (Å²) < 4.78 is 5.81. The number of benzene rings is 1. The number of guanidine groups is 1. The molecule has 0 radical (unpaired) electrons. The SMILES string of the molecule is CN=C(NCC1CN(C)CCO1)NC(C)c1cccc(N2CCCC2)c1.I. The summed E-state index contributed by atoms with van der Waals surface area (Å²) in [6, 6.07) is 9.05. The average Bonchev–Trinajstić information content (AvgIpc) is 3.20. The number of aliphatic imine (C=N–C) groups is 1. The van der Waals surface area contributed by atoms with Gasteiger partial charge in [-0.15, -0.1) is 24.0 Å². The molecule has 0 aromatic heterocycles. The lowest BCUT2D eigenvalue weighted by Crippen LogP contribution is -2.48. The van der Waals surface area contributed by atoms with E-state index in [0.29, 0.717) is 0 Å². The molecule has 0 bridgehead atoms. The van der Waals surface area contributed by atoms with E-state index in [1.807, 2.05) is 7.05 Å². The van der Waals surface area contributed by atoms with E-state index in [-0.39, 0.29) is 36.1 Å². The van der Waals surface area contributed by atoms with Crippen LogP contribution in [0.4, 0.5) is 5.69 Å². The van der Waals surface area contributed by atoms with Gasteiger partial charge in [0.25, 0.3) is 0 Å². The lowest BCUT2D eigenvalue weighted by molar-refractivity contribution is -0.0161. The molecule has 27 heavy (non-hydrogen) atoms. The van der Waals surface area contributed by atoms with Crippen LogP contribution in [-0.4, -0.2) is 70.4 Å². The molecule has 2 N–H and O–H groups in total. The molecule has 0 amide bonds. The van der Waals surface area contributed by atoms with E-state index in [0.717, 1.165) is 32.2 Å². The summed E-state index contributed by atoms with van der Waals surface area (Å²) in [7, 11) is 3.95. The lowest BCUT2D eigenvalue weighted by Gasteiger charge is -2.30. The molecule has 2 unspecified atom stereocenters. The van der Waals surface area contributed by atoms with Crippen molar-refractivity contribution in [2.24, 2.45) is 4.99 Å². The Kier molecular flexibility index (Phi) is 9.11. The molecule has 3 rings (SSSR count). The van der Waals surface area contributed by atoms with Crippen LogP contribution < -0.4 is 15.5 Å². The molecule has 2 fully saturated rings. The minimum Gasteiger partial charge on any atom is -0.374 e. The number of hydrogen-bond acceptors (Lipinski definition) is 4. The van der Waals surface area contributed by atoms with Crippen molar-refractivity contribution in [2.75, 3.05) is 58.3 Å². The minimum atomic E-state index is 0. The van der Waals surface area contributed by atoms with Gasteiger partial charge in [-0.1, -0.05) is 12.1 Å². The Bertz CT molecular complexity index is 606. The van der Waals surface area contributed by atoms with Gasteiger partial charge < -0.3 is 25.2 Å². The summed E-state index contributed by atoms with van der Waals surface area (Å²) in [5.41, 5.74) is 2.61. The number of morpholine rings is 1. The van der Waals surface area contributed by atoms with Crippen molar-refractivity contribution in [3.8, 4) is 0 Å². The highest BCUT2D eigenvalue weighted by molar-refractivity contribution is 14.0. The minimum absolute atomic E-state index is 0. The molecule has 1 aromatic carbocycles. The fourth-order valence-corrected chi connectivity index (χ4v) is 3.65. The van der Waals surface area contributed by atoms with Crippen LogP contribution in [0, 0.1) is 0 Å². The van der Waals surface area contributed by atoms with E-state index >= 15 is 0 Å². The zero-order valence-corrected chi connectivity index (χ0v) is 19.1. The Morgan fingerprint density at radius 2 is 2.07 bits per heavy atom. The van der Waals surface area contributed by atoms with Crippen molar-refractivity contribution < 1.29 is 4.74 Å². The molecule has 1 aromatic rings. The lowest BCUT2D eigenvalue weighted by atomic mass is 10.1. The number of halogens is 1. The highest BCUT2D eigenvalue weighted by atomic mass is 127. The van der Waals surface area contributed by atoms with Gasteiger partial charge in [-0.2, -0.15) is 0 Å². The molecule has 2 aliphatic rings. The first-order valence-corrected chi connectivity index (χ1v) is 9.78. The molecule has 6 nitrogen and oxygen atoms in total. The van der Waals surface area contributed by atoms with Crippen LogP contribution in [0.3, 0.4) is 0 Å². The van der Waals surface area contributed by atoms with Gasteiger partial charge in [-0.05, 0) is 44.5 Å². The highest BCUT2D eigenvalue weighted by Crippen LogP contribution is 2.23. The molecule has 0 spiro atoms. The van der Waals surface area contributed by atoms with Gasteiger partial charge >= 0.3 is 0 Å². The Labute approximate surface area is 180 Å². The van der Waals surface area contributed by atoms with Gasteiger partial charge in [-0.25, -0.2) is 0 Å². The molecule has 7 heteroatoms. The smallest absolute Gasteiger partial charge is 0.191 e. The van der Waals surface area contributed by atoms with Gasteiger partial charge in [0.2, 0.25) is 0 Å². The van der Waals surface area contributed by atoms with Crippen LogP contribution in [0.2, 0.25) is 0 Å². The van der Waals surface area contributed by atoms with Crippen molar-refractivity contribution in [2.45, 2.75) is 31.9 Å². The first-order valence-electron chi connectivity index (χ1n) is 9.78. The first kappa shape index (κ1) is 22.2. The van der Waals surface area contributed by atoms with Crippen molar-refractivity contribution in [1.29, 1.82) is 0 Å². The van der Waals surface area contributed by atoms with Crippen LogP contribution >= 0.6 is 24.0 Å². The van der Waals surface area contributed by atoms with E-state index in [1.54, 1.807) is 0 Å². The molecule has 2 aliphatic heterocycles. The van der Waals surface area contributed by atoms with E-state index < -0.39 is 0 Å². The standard InChI is InChI=1S/C20H33N5O.HI/c1-16(17-7-6-8-18(13-17)25-9-4-5-10-25)23-20(21-2)22-14-19-15-24(3)11-12-26-19;/h6-8,13,16,19H,4-5,9-12,14-15H2,1-3H3,(H2,21,22,23);1H. The summed E-state index contributed by atoms with van der Waals surface area (Å²) in [4.78, 5) is 9.15. The number of rotatable bonds is 5. The fraction of sp³-hybridized carbons (Fsp3) is 0.650. The Morgan fingerprint density at radius 3 is 2.78 bits per heavy atom.